The molecule has 0 aromatic carbocycles. The Morgan fingerprint density at radius 3 is 2.79 bits per heavy atom. The second kappa shape index (κ2) is 6.96. The van der Waals surface area contributed by atoms with Crippen LogP contribution >= 0.6 is 27.3 Å². The summed E-state index contributed by atoms with van der Waals surface area (Å²) < 4.78 is 0.831. The fourth-order valence-corrected chi connectivity index (χ4v) is 2.80. The highest BCUT2D eigenvalue weighted by Gasteiger charge is 2.03. The lowest BCUT2D eigenvalue weighted by Gasteiger charge is -2.07. The second-order valence-electron chi connectivity index (χ2n) is 4.28. The third-order valence-electron chi connectivity index (χ3n) is 2.57. The van der Waals surface area contributed by atoms with Gasteiger partial charge in [-0.25, -0.2) is 15.0 Å². The SMILES string of the molecule is CCCc1nc(Br)cc(NCCc2csc(C)n2)n1. The van der Waals surface area contributed by atoms with Gasteiger partial charge in [-0.2, -0.15) is 0 Å². The molecule has 2 aromatic rings. The Morgan fingerprint density at radius 2 is 2.11 bits per heavy atom. The van der Waals surface area contributed by atoms with Crippen LogP contribution in [0.1, 0.15) is 29.9 Å². The predicted molar refractivity (Wildman–Crippen MR) is 82.8 cm³/mol. The molecule has 0 bridgehead atoms. The van der Waals surface area contributed by atoms with E-state index in [0.29, 0.717) is 0 Å². The van der Waals surface area contributed by atoms with E-state index in [9.17, 15) is 0 Å². The third-order valence-corrected chi connectivity index (χ3v) is 3.80. The maximum atomic E-state index is 4.49. The van der Waals surface area contributed by atoms with Gasteiger partial charge in [0.1, 0.15) is 16.2 Å². The highest BCUT2D eigenvalue weighted by Crippen LogP contribution is 2.14. The van der Waals surface area contributed by atoms with Crippen LogP contribution in [0.2, 0.25) is 0 Å². The Kier molecular flexibility index (Phi) is 5.27. The summed E-state index contributed by atoms with van der Waals surface area (Å²) in [4.78, 5) is 13.3. The van der Waals surface area contributed by atoms with Crippen LogP contribution in [0.5, 0.6) is 0 Å². The first-order valence-corrected chi connectivity index (χ1v) is 8.03. The summed E-state index contributed by atoms with van der Waals surface area (Å²) in [6, 6.07) is 1.91. The highest BCUT2D eigenvalue weighted by molar-refractivity contribution is 9.10. The molecule has 0 fully saturated rings. The molecule has 0 aliphatic heterocycles. The number of nitrogens with zero attached hydrogens (tertiary/aromatic N) is 3. The van der Waals surface area contributed by atoms with E-state index in [1.165, 1.54) is 0 Å². The van der Waals surface area contributed by atoms with Crippen molar-refractivity contribution >= 4 is 33.1 Å². The molecule has 6 heteroatoms. The predicted octanol–water partition coefficient (Wildman–Crippen LogP) is 3.61. The van der Waals surface area contributed by atoms with Crippen molar-refractivity contribution in [3.05, 3.63) is 32.6 Å². The molecular weight excluding hydrogens is 324 g/mol. The smallest absolute Gasteiger partial charge is 0.132 e. The first-order chi connectivity index (χ1) is 9.17. The standard InChI is InChI=1S/C13H17BrN4S/c1-3-4-12-17-11(14)7-13(18-12)15-6-5-10-8-19-9(2)16-10/h7-8H,3-6H2,1-2H3,(H,15,17,18). The van der Waals surface area contributed by atoms with Crippen molar-refractivity contribution in [3.63, 3.8) is 0 Å². The van der Waals surface area contributed by atoms with Gasteiger partial charge in [-0.3, -0.25) is 0 Å². The summed E-state index contributed by atoms with van der Waals surface area (Å²) in [6.07, 6.45) is 2.86. The molecule has 0 saturated carbocycles. The molecule has 0 amide bonds. The number of nitrogens with one attached hydrogen (secondary N) is 1. The van der Waals surface area contributed by atoms with Crippen LogP contribution in [0.4, 0.5) is 5.82 Å². The quantitative estimate of drug-likeness (QED) is 0.816. The van der Waals surface area contributed by atoms with Crippen LogP contribution in [0.25, 0.3) is 0 Å². The largest absolute Gasteiger partial charge is 0.370 e. The Bertz CT molecular complexity index is 541. The number of rotatable bonds is 6. The van der Waals surface area contributed by atoms with Gasteiger partial charge in [-0.1, -0.05) is 6.92 Å². The molecule has 19 heavy (non-hydrogen) atoms. The maximum Gasteiger partial charge on any atom is 0.132 e. The summed E-state index contributed by atoms with van der Waals surface area (Å²) in [5.74, 6) is 1.75. The van der Waals surface area contributed by atoms with E-state index in [1.54, 1.807) is 11.3 Å². The Labute approximate surface area is 125 Å². The second-order valence-corrected chi connectivity index (χ2v) is 6.15. The van der Waals surface area contributed by atoms with Crippen molar-refractivity contribution < 1.29 is 0 Å². The van der Waals surface area contributed by atoms with Gasteiger partial charge in [-0.15, -0.1) is 11.3 Å². The molecule has 0 spiro atoms. The monoisotopic (exact) mass is 340 g/mol. The summed E-state index contributed by atoms with van der Waals surface area (Å²) in [5, 5.41) is 6.55. The summed E-state index contributed by atoms with van der Waals surface area (Å²) >= 11 is 5.11. The molecule has 0 aliphatic rings. The third kappa shape index (κ3) is 4.54. The van der Waals surface area contributed by atoms with Crippen LogP contribution in [-0.4, -0.2) is 21.5 Å². The van der Waals surface area contributed by atoms with E-state index in [4.69, 9.17) is 0 Å². The van der Waals surface area contributed by atoms with Gasteiger partial charge in [0.15, 0.2) is 0 Å². The molecule has 2 rings (SSSR count). The van der Waals surface area contributed by atoms with Crippen molar-refractivity contribution in [2.24, 2.45) is 0 Å². The molecule has 2 heterocycles. The lowest BCUT2D eigenvalue weighted by atomic mass is 10.3. The number of thiazole rings is 1. The van der Waals surface area contributed by atoms with E-state index < -0.39 is 0 Å². The van der Waals surface area contributed by atoms with Crippen LogP contribution in [-0.2, 0) is 12.8 Å². The van der Waals surface area contributed by atoms with E-state index in [1.807, 2.05) is 13.0 Å². The van der Waals surface area contributed by atoms with Crippen molar-refractivity contribution in [3.8, 4) is 0 Å². The zero-order valence-corrected chi connectivity index (χ0v) is 13.5. The molecule has 0 radical (unpaired) electrons. The average molecular weight is 341 g/mol. The molecule has 2 aromatic heterocycles. The van der Waals surface area contributed by atoms with E-state index in [2.05, 4.69) is 48.5 Å². The van der Waals surface area contributed by atoms with Gasteiger partial charge < -0.3 is 5.32 Å². The van der Waals surface area contributed by atoms with Gasteiger partial charge in [0.05, 0.1) is 10.7 Å². The molecule has 0 unspecified atom stereocenters. The number of anilines is 1. The maximum absolute atomic E-state index is 4.49. The molecule has 102 valence electrons. The van der Waals surface area contributed by atoms with Gasteiger partial charge in [0.25, 0.3) is 0 Å². The lowest BCUT2D eigenvalue weighted by Crippen LogP contribution is -2.08. The first-order valence-electron chi connectivity index (χ1n) is 6.35. The number of halogens is 1. The summed E-state index contributed by atoms with van der Waals surface area (Å²) in [5.41, 5.74) is 1.14. The number of hydrogen-bond acceptors (Lipinski definition) is 5. The van der Waals surface area contributed by atoms with Crippen LogP contribution in [0, 0.1) is 6.92 Å². The number of aryl methyl sites for hydroxylation is 2. The highest BCUT2D eigenvalue weighted by atomic mass is 79.9. The molecule has 1 N–H and O–H groups in total. The molecule has 4 nitrogen and oxygen atoms in total. The fraction of sp³-hybridized carbons (Fsp3) is 0.462. The molecular formula is C13H17BrN4S. The van der Waals surface area contributed by atoms with Crippen LogP contribution in [0.15, 0.2) is 16.0 Å². The van der Waals surface area contributed by atoms with Gasteiger partial charge in [0, 0.05) is 30.8 Å². The lowest BCUT2D eigenvalue weighted by molar-refractivity contribution is 0.827. The van der Waals surface area contributed by atoms with E-state index in [0.717, 1.165) is 52.8 Å². The summed E-state index contributed by atoms with van der Waals surface area (Å²) in [7, 11) is 0. The fourth-order valence-electron chi connectivity index (χ4n) is 1.73. The van der Waals surface area contributed by atoms with E-state index >= 15 is 0 Å². The van der Waals surface area contributed by atoms with Crippen molar-refractivity contribution in [1.82, 2.24) is 15.0 Å². The zero-order chi connectivity index (χ0) is 13.7. The van der Waals surface area contributed by atoms with E-state index in [-0.39, 0.29) is 0 Å². The number of aromatic nitrogens is 3. The van der Waals surface area contributed by atoms with Gasteiger partial charge >= 0.3 is 0 Å². The van der Waals surface area contributed by atoms with Crippen molar-refractivity contribution in [2.45, 2.75) is 33.1 Å². The average Bonchev–Trinajstić information content (AvgIpc) is 2.75. The molecule has 0 aliphatic carbocycles. The zero-order valence-electron chi connectivity index (χ0n) is 11.1. The normalized spacial score (nSPS) is 10.7. The Balaban J connectivity index is 1.91. The Hall–Kier alpha value is -1.01. The van der Waals surface area contributed by atoms with Gasteiger partial charge in [-0.05, 0) is 29.3 Å². The van der Waals surface area contributed by atoms with Crippen molar-refractivity contribution in [2.75, 3.05) is 11.9 Å². The molecule has 0 saturated heterocycles. The minimum atomic E-state index is 0.831. The minimum absolute atomic E-state index is 0.831. The first kappa shape index (κ1) is 14.4. The minimum Gasteiger partial charge on any atom is -0.370 e. The number of hydrogen-bond donors (Lipinski definition) is 1. The van der Waals surface area contributed by atoms with Crippen molar-refractivity contribution in [1.29, 1.82) is 0 Å². The summed E-state index contributed by atoms with van der Waals surface area (Å²) in [6.45, 7) is 4.99. The van der Waals surface area contributed by atoms with Gasteiger partial charge in [0.2, 0.25) is 0 Å². The molecule has 0 atom stereocenters. The topological polar surface area (TPSA) is 50.7 Å². The van der Waals surface area contributed by atoms with Crippen LogP contribution in [0.3, 0.4) is 0 Å². The Morgan fingerprint density at radius 1 is 1.26 bits per heavy atom. The van der Waals surface area contributed by atoms with Crippen LogP contribution < -0.4 is 5.32 Å².